The van der Waals surface area contributed by atoms with Crippen LogP contribution in [-0.2, 0) is 14.3 Å². The number of benzene rings is 2. The van der Waals surface area contributed by atoms with Crippen LogP contribution < -0.4 is 16.2 Å². The molecule has 27 heavy (non-hydrogen) atoms. The Morgan fingerprint density at radius 2 is 1.85 bits per heavy atom. The van der Waals surface area contributed by atoms with E-state index in [1.165, 1.54) is 7.11 Å². The maximum Gasteiger partial charge on any atom is 0.272 e. The maximum absolute atomic E-state index is 12.3. The van der Waals surface area contributed by atoms with E-state index < -0.39 is 6.10 Å². The molecule has 1 unspecified atom stereocenters. The monoisotopic (exact) mass is 387 g/mol. The number of carbonyl (C=O) groups excluding carboxylic acids is 2. The molecule has 0 aliphatic heterocycles. The number of amides is 2. The normalized spacial score (nSPS) is 11.4. The molecular formula is C20H22ClN3O3. The van der Waals surface area contributed by atoms with Gasteiger partial charge in [-0.3, -0.25) is 15.0 Å². The number of rotatable bonds is 8. The summed E-state index contributed by atoms with van der Waals surface area (Å²) in [5.74, 6) is -0.655. The number of nitrogens with one attached hydrogen (secondary N) is 3. The van der Waals surface area contributed by atoms with Crippen molar-refractivity contribution in [2.45, 2.75) is 19.4 Å². The number of halogens is 1. The van der Waals surface area contributed by atoms with E-state index in [0.29, 0.717) is 16.4 Å². The average Bonchev–Trinajstić information content (AvgIpc) is 2.64. The Balaban J connectivity index is 1.84. The molecule has 0 aromatic heterocycles. The molecule has 1 atom stereocenters. The predicted octanol–water partition coefficient (Wildman–Crippen LogP) is 3.50. The van der Waals surface area contributed by atoms with Gasteiger partial charge in [0, 0.05) is 23.5 Å². The summed E-state index contributed by atoms with van der Waals surface area (Å²) < 4.78 is 5.24. The number of carbonyl (C=O) groups is 2. The predicted molar refractivity (Wildman–Crippen MR) is 106 cm³/mol. The van der Waals surface area contributed by atoms with Crippen LogP contribution in [0, 0.1) is 6.92 Å². The van der Waals surface area contributed by atoms with Gasteiger partial charge in [0.1, 0.15) is 0 Å². The van der Waals surface area contributed by atoms with E-state index in [-0.39, 0.29) is 18.2 Å². The summed E-state index contributed by atoms with van der Waals surface area (Å²) in [6, 6.07) is 14.3. The second-order valence-corrected chi connectivity index (χ2v) is 6.36. The van der Waals surface area contributed by atoms with Crippen LogP contribution in [0.3, 0.4) is 0 Å². The highest BCUT2D eigenvalue weighted by molar-refractivity contribution is 6.30. The third kappa shape index (κ3) is 6.13. The first-order chi connectivity index (χ1) is 12.9. The second kappa shape index (κ2) is 9.75. The SMILES string of the molecule is C=C(CC(=O)Nc1ccc(Cl)cc1C)NNC(=O)C(OC)c1ccccc1. The standard InChI is InChI=1S/C20H22ClN3O3/c1-13-11-16(21)9-10-17(13)22-18(25)12-14(2)23-24-20(26)19(27-3)15-7-5-4-6-8-15/h4-11,19,23H,2,12H2,1,3H3,(H,22,25)(H,24,26). The van der Waals surface area contributed by atoms with E-state index in [9.17, 15) is 9.59 Å². The second-order valence-electron chi connectivity index (χ2n) is 5.93. The quantitative estimate of drug-likeness (QED) is 0.606. The lowest BCUT2D eigenvalue weighted by molar-refractivity contribution is -0.132. The van der Waals surface area contributed by atoms with Crippen molar-refractivity contribution in [2.75, 3.05) is 12.4 Å². The summed E-state index contributed by atoms with van der Waals surface area (Å²) in [5, 5.41) is 3.38. The van der Waals surface area contributed by atoms with Crippen LogP contribution in [0.15, 0.2) is 60.8 Å². The van der Waals surface area contributed by atoms with Gasteiger partial charge in [-0.25, -0.2) is 0 Å². The van der Waals surface area contributed by atoms with Gasteiger partial charge in [-0.05, 0) is 36.2 Å². The molecule has 0 aliphatic rings. The van der Waals surface area contributed by atoms with Crippen molar-refractivity contribution in [3.63, 3.8) is 0 Å². The average molecular weight is 388 g/mol. The smallest absolute Gasteiger partial charge is 0.272 e. The molecule has 2 aromatic rings. The van der Waals surface area contributed by atoms with Crippen molar-refractivity contribution in [1.29, 1.82) is 0 Å². The summed E-state index contributed by atoms with van der Waals surface area (Å²) in [7, 11) is 1.45. The van der Waals surface area contributed by atoms with Crippen LogP contribution in [-0.4, -0.2) is 18.9 Å². The third-order valence-electron chi connectivity index (χ3n) is 3.78. The van der Waals surface area contributed by atoms with Crippen LogP contribution in [0.25, 0.3) is 0 Å². The Morgan fingerprint density at radius 3 is 2.48 bits per heavy atom. The summed E-state index contributed by atoms with van der Waals surface area (Å²) >= 11 is 5.90. The van der Waals surface area contributed by atoms with E-state index in [0.717, 1.165) is 11.1 Å². The van der Waals surface area contributed by atoms with Gasteiger partial charge in [0.2, 0.25) is 5.91 Å². The van der Waals surface area contributed by atoms with Gasteiger partial charge in [-0.15, -0.1) is 0 Å². The van der Waals surface area contributed by atoms with E-state index in [1.54, 1.807) is 30.3 Å². The minimum Gasteiger partial charge on any atom is -0.367 e. The van der Waals surface area contributed by atoms with Gasteiger partial charge in [-0.2, -0.15) is 0 Å². The van der Waals surface area contributed by atoms with E-state index in [1.807, 2.05) is 25.1 Å². The van der Waals surface area contributed by atoms with Gasteiger partial charge in [0.05, 0.1) is 6.42 Å². The fourth-order valence-corrected chi connectivity index (χ4v) is 2.66. The molecule has 6 nitrogen and oxygen atoms in total. The molecule has 3 N–H and O–H groups in total. The number of hydrogen-bond donors (Lipinski definition) is 3. The minimum absolute atomic E-state index is 0.00860. The fraction of sp³-hybridized carbons (Fsp3) is 0.200. The Labute approximate surface area is 163 Å². The summed E-state index contributed by atoms with van der Waals surface area (Å²) in [6.45, 7) is 5.60. The maximum atomic E-state index is 12.3. The number of anilines is 1. The lowest BCUT2D eigenvalue weighted by atomic mass is 10.1. The summed E-state index contributed by atoms with van der Waals surface area (Å²) in [5.41, 5.74) is 7.75. The van der Waals surface area contributed by atoms with Crippen molar-refractivity contribution in [2.24, 2.45) is 0 Å². The van der Waals surface area contributed by atoms with Crippen molar-refractivity contribution < 1.29 is 14.3 Å². The Hall–Kier alpha value is -2.83. The topological polar surface area (TPSA) is 79.5 Å². The van der Waals surface area contributed by atoms with Crippen LogP contribution >= 0.6 is 11.6 Å². The summed E-state index contributed by atoms with van der Waals surface area (Å²) in [4.78, 5) is 24.4. The van der Waals surface area contributed by atoms with E-state index in [2.05, 4.69) is 22.7 Å². The van der Waals surface area contributed by atoms with E-state index >= 15 is 0 Å². The fourth-order valence-electron chi connectivity index (χ4n) is 2.44. The number of hydrazine groups is 1. The third-order valence-corrected chi connectivity index (χ3v) is 4.01. The molecule has 7 heteroatoms. The van der Waals surface area contributed by atoms with Gasteiger partial charge in [0.15, 0.2) is 6.10 Å². The first-order valence-electron chi connectivity index (χ1n) is 8.28. The van der Waals surface area contributed by atoms with Gasteiger partial charge < -0.3 is 15.5 Å². The number of methoxy groups -OCH3 is 1. The number of hydrogen-bond acceptors (Lipinski definition) is 4. The number of ether oxygens (including phenoxy) is 1. The molecule has 2 aromatic carbocycles. The Morgan fingerprint density at radius 1 is 1.15 bits per heavy atom. The molecular weight excluding hydrogens is 366 g/mol. The summed E-state index contributed by atoms with van der Waals surface area (Å²) in [6.07, 6.45) is -0.775. The molecule has 0 saturated carbocycles. The zero-order valence-electron chi connectivity index (χ0n) is 15.2. The van der Waals surface area contributed by atoms with Crippen molar-refractivity contribution in [3.05, 3.63) is 77.0 Å². The molecule has 0 fully saturated rings. The number of aryl methyl sites for hydroxylation is 1. The molecule has 0 aliphatic carbocycles. The zero-order valence-corrected chi connectivity index (χ0v) is 16.0. The Kier molecular flexibility index (Phi) is 7.40. The van der Waals surface area contributed by atoms with Crippen LogP contribution in [0.4, 0.5) is 5.69 Å². The molecule has 0 bridgehead atoms. The van der Waals surface area contributed by atoms with Crippen molar-refractivity contribution >= 4 is 29.1 Å². The minimum atomic E-state index is -0.767. The first-order valence-corrected chi connectivity index (χ1v) is 8.66. The van der Waals surface area contributed by atoms with Gasteiger partial charge in [-0.1, -0.05) is 48.5 Å². The molecule has 0 saturated heterocycles. The molecule has 0 heterocycles. The molecule has 0 radical (unpaired) electrons. The lowest BCUT2D eigenvalue weighted by Crippen LogP contribution is -2.40. The van der Waals surface area contributed by atoms with Crippen LogP contribution in [0.5, 0.6) is 0 Å². The largest absolute Gasteiger partial charge is 0.367 e. The molecule has 2 rings (SSSR count). The van der Waals surface area contributed by atoms with Crippen LogP contribution in [0.1, 0.15) is 23.7 Å². The zero-order chi connectivity index (χ0) is 19.8. The molecule has 0 spiro atoms. The lowest BCUT2D eigenvalue weighted by Gasteiger charge is -2.17. The van der Waals surface area contributed by atoms with E-state index in [4.69, 9.17) is 16.3 Å². The highest BCUT2D eigenvalue weighted by atomic mass is 35.5. The van der Waals surface area contributed by atoms with Crippen LogP contribution in [0.2, 0.25) is 5.02 Å². The highest BCUT2D eigenvalue weighted by Crippen LogP contribution is 2.20. The Bertz CT molecular complexity index is 824. The van der Waals surface area contributed by atoms with Gasteiger partial charge >= 0.3 is 0 Å². The van der Waals surface area contributed by atoms with Gasteiger partial charge in [0.25, 0.3) is 5.91 Å². The van der Waals surface area contributed by atoms with Crippen molar-refractivity contribution in [3.8, 4) is 0 Å². The van der Waals surface area contributed by atoms with Crippen molar-refractivity contribution in [1.82, 2.24) is 10.9 Å². The first kappa shape index (κ1) is 20.5. The molecule has 142 valence electrons. The highest BCUT2D eigenvalue weighted by Gasteiger charge is 2.19. The molecule has 2 amide bonds.